The first-order valence-electron chi connectivity index (χ1n) is 8.62. The molecule has 1 saturated heterocycles. The molecule has 0 spiro atoms. The Kier molecular flexibility index (Phi) is 4.46. The molecule has 2 aromatic rings. The molecule has 1 saturated carbocycles. The third-order valence-corrected chi connectivity index (χ3v) is 5.78. The number of aromatic nitrogens is 3. The fraction of sp³-hybridized carbons (Fsp3) is 0.647. The Morgan fingerprint density at radius 2 is 2.30 bits per heavy atom. The lowest BCUT2D eigenvalue weighted by Gasteiger charge is -2.17. The van der Waals surface area contributed by atoms with E-state index in [0.717, 1.165) is 38.6 Å². The minimum atomic E-state index is 0.181. The van der Waals surface area contributed by atoms with Crippen molar-refractivity contribution in [1.82, 2.24) is 20.1 Å². The molecule has 1 aliphatic heterocycles. The third kappa shape index (κ3) is 3.49. The van der Waals surface area contributed by atoms with Crippen LogP contribution in [0.4, 0.5) is 0 Å². The van der Waals surface area contributed by atoms with Gasteiger partial charge in [-0.2, -0.15) is 5.10 Å². The zero-order chi connectivity index (χ0) is 15.6. The average molecular weight is 332 g/mol. The Labute approximate surface area is 141 Å². The zero-order valence-corrected chi connectivity index (χ0v) is 14.4. The molecule has 0 radical (unpaired) electrons. The average Bonchev–Trinajstić information content (AvgIpc) is 2.99. The lowest BCUT2D eigenvalue weighted by molar-refractivity contribution is 0.0903. The molecule has 4 rings (SSSR count). The molecule has 3 heterocycles. The first kappa shape index (κ1) is 15.3. The fourth-order valence-corrected chi connectivity index (χ4v) is 4.21. The summed E-state index contributed by atoms with van der Waals surface area (Å²) < 4.78 is 7.92. The Balaban J connectivity index is 1.30. The van der Waals surface area contributed by atoms with Gasteiger partial charge in [0.15, 0.2) is 0 Å². The van der Waals surface area contributed by atoms with Crippen molar-refractivity contribution >= 4 is 11.3 Å². The van der Waals surface area contributed by atoms with Crippen molar-refractivity contribution in [2.75, 3.05) is 13.2 Å². The quantitative estimate of drug-likeness (QED) is 0.846. The predicted molar refractivity (Wildman–Crippen MR) is 90.5 cm³/mol. The van der Waals surface area contributed by atoms with Gasteiger partial charge < -0.3 is 10.1 Å². The number of nitrogens with one attached hydrogen (secondary N) is 1. The summed E-state index contributed by atoms with van der Waals surface area (Å²) in [5.41, 5.74) is 2.40. The Hall–Kier alpha value is -1.24. The molecule has 23 heavy (non-hydrogen) atoms. The van der Waals surface area contributed by atoms with Crippen LogP contribution in [0.2, 0.25) is 0 Å². The van der Waals surface area contributed by atoms with Gasteiger partial charge in [0.1, 0.15) is 0 Å². The maximum atomic E-state index is 5.95. The molecule has 2 atom stereocenters. The number of nitrogens with zero attached hydrogens (tertiary/aromatic N) is 3. The van der Waals surface area contributed by atoms with Crippen LogP contribution in [0.25, 0.3) is 0 Å². The summed E-state index contributed by atoms with van der Waals surface area (Å²) in [6.07, 6.45) is 8.01. The number of aryl methyl sites for hydroxylation is 1. The van der Waals surface area contributed by atoms with Gasteiger partial charge in [0, 0.05) is 55.2 Å². The van der Waals surface area contributed by atoms with Crippen molar-refractivity contribution in [3.8, 4) is 0 Å². The van der Waals surface area contributed by atoms with E-state index in [1.807, 2.05) is 22.2 Å². The molecule has 1 aliphatic carbocycles. The van der Waals surface area contributed by atoms with Gasteiger partial charge in [0.05, 0.1) is 23.0 Å². The molecule has 6 heteroatoms. The van der Waals surface area contributed by atoms with Gasteiger partial charge in [-0.15, -0.1) is 11.3 Å². The Bertz CT molecular complexity index is 649. The molecule has 1 N–H and O–H groups in total. The summed E-state index contributed by atoms with van der Waals surface area (Å²) in [4.78, 5) is 4.74. The van der Waals surface area contributed by atoms with E-state index in [9.17, 15) is 0 Å². The lowest BCUT2D eigenvalue weighted by atomic mass is 9.97. The van der Waals surface area contributed by atoms with Gasteiger partial charge in [-0.05, 0) is 26.2 Å². The van der Waals surface area contributed by atoms with Crippen LogP contribution in [0, 0.1) is 5.92 Å². The van der Waals surface area contributed by atoms with E-state index in [1.165, 1.54) is 29.1 Å². The fourth-order valence-electron chi connectivity index (χ4n) is 3.22. The molecule has 0 amide bonds. The van der Waals surface area contributed by atoms with Gasteiger partial charge in [-0.3, -0.25) is 4.68 Å². The first-order chi connectivity index (χ1) is 11.3. The third-order valence-electron chi connectivity index (χ3n) is 4.73. The summed E-state index contributed by atoms with van der Waals surface area (Å²) in [5.74, 6) is 1.28. The Morgan fingerprint density at radius 3 is 3.09 bits per heavy atom. The van der Waals surface area contributed by atoms with Crippen LogP contribution in [-0.4, -0.2) is 27.9 Å². The van der Waals surface area contributed by atoms with E-state index >= 15 is 0 Å². The summed E-state index contributed by atoms with van der Waals surface area (Å²) in [6.45, 7) is 5.69. The number of rotatable bonds is 7. The van der Waals surface area contributed by atoms with Crippen LogP contribution in [0.5, 0.6) is 0 Å². The molecule has 0 bridgehead atoms. The molecular formula is C17H24N4OS. The van der Waals surface area contributed by atoms with E-state index in [4.69, 9.17) is 9.72 Å². The van der Waals surface area contributed by atoms with Gasteiger partial charge in [-0.1, -0.05) is 0 Å². The van der Waals surface area contributed by atoms with Crippen molar-refractivity contribution in [2.45, 2.75) is 51.3 Å². The van der Waals surface area contributed by atoms with E-state index in [0.29, 0.717) is 5.92 Å². The second-order valence-electron chi connectivity index (χ2n) is 6.55. The van der Waals surface area contributed by atoms with E-state index in [2.05, 4.69) is 28.9 Å². The molecule has 0 aromatic carbocycles. The van der Waals surface area contributed by atoms with Crippen molar-refractivity contribution < 1.29 is 4.74 Å². The van der Waals surface area contributed by atoms with Gasteiger partial charge in [-0.25, -0.2) is 4.98 Å². The number of ether oxygens (including phenoxy) is 1. The van der Waals surface area contributed by atoms with E-state index in [1.54, 1.807) is 0 Å². The number of hydrogen-bond acceptors (Lipinski definition) is 5. The van der Waals surface area contributed by atoms with E-state index in [-0.39, 0.29) is 6.10 Å². The van der Waals surface area contributed by atoms with Crippen LogP contribution < -0.4 is 5.32 Å². The molecule has 2 aliphatic rings. The second kappa shape index (κ2) is 6.71. The van der Waals surface area contributed by atoms with Gasteiger partial charge in [0.25, 0.3) is 0 Å². The highest BCUT2D eigenvalue weighted by atomic mass is 32.1. The van der Waals surface area contributed by atoms with Crippen molar-refractivity contribution in [2.24, 2.45) is 5.92 Å². The second-order valence-corrected chi connectivity index (χ2v) is 7.44. The highest BCUT2D eigenvalue weighted by molar-refractivity contribution is 7.09. The lowest BCUT2D eigenvalue weighted by Crippen LogP contribution is -2.24. The number of hydrogen-bond donors (Lipinski definition) is 1. The normalized spacial score (nSPS) is 24.4. The van der Waals surface area contributed by atoms with E-state index < -0.39 is 0 Å². The standard InChI is InChI=1S/C17H24N4OS/c1-2-21-10-14(8-19-21)16-13(5-6-22-16)7-18-9-15-11-23-17(20-15)12-3-4-12/h8,10-13,16,18H,2-7,9H2,1H3/t13-,16+/m0/s1. The first-order valence-corrected chi connectivity index (χ1v) is 9.50. The SMILES string of the molecule is CCn1cc([C@@H]2OCC[C@H]2CNCc2csc(C3CC3)n2)cn1. The maximum Gasteiger partial charge on any atom is 0.0959 e. The molecule has 124 valence electrons. The van der Waals surface area contributed by atoms with Gasteiger partial charge in [0.2, 0.25) is 0 Å². The number of thiazole rings is 1. The highest BCUT2D eigenvalue weighted by Gasteiger charge is 2.30. The Morgan fingerprint density at radius 1 is 1.39 bits per heavy atom. The largest absolute Gasteiger partial charge is 0.373 e. The molecular weight excluding hydrogens is 308 g/mol. The summed E-state index contributed by atoms with van der Waals surface area (Å²) in [7, 11) is 0. The summed E-state index contributed by atoms with van der Waals surface area (Å²) in [6, 6.07) is 0. The topological polar surface area (TPSA) is 52.0 Å². The van der Waals surface area contributed by atoms with Crippen LogP contribution >= 0.6 is 11.3 Å². The summed E-state index contributed by atoms with van der Waals surface area (Å²) in [5, 5.41) is 11.5. The molecule has 2 fully saturated rings. The zero-order valence-electron chi connectivity index (χ0n) is 13.6. The van der Waals surface area contributed by atoms with Gasteiger partial charge >= 0.3 is 0 Å². The van der Waals surface area contributed by atoms with Crippen LogP contribution in [-0.2, 0) is 17.8 Å². The van der Waals surface area contributed by atoms with Crippen LogP contribution in [0.15, 0.2) is 17.8 Å². The van der Waals surface area contributed by atoms with Crippen LogP contribution in [0.3, 0.4) is 0 Å². The predicted octanol–water partition coefficient (Wildman–Crippen LogP) is 3.10. The van der Waals surface area contributed by atoms with Crippen LogP contribution in [0.1, 0.15) is 54.5 Å². The smallest absolute Gasteiger partial charge is 0.0959 e. The minimum absolute atomic E-state index is 0.181. The molecule has 2 aromatic heterocycles. The summed E-state index contributed by atoms with van der Waals surface area (Å²) >= 11 is 1.82. The maximum absolute atomic E-state index is 5.95. The minimum Gasteiger partial charge on any atom is -0.373 e. The van der Waals surface area contributed by atoms with Crippen molar-refractivity contribution in [3.63, 3.8) is 0 Å². The highest BCUT2D eigenvalue weighted by Crippen LogP contribution is 2.41. The van der Waals surface area contributed by atoms with Crippen molar-refractivity contribution in [3.05, 3.63) is 34.0 Å². The van der Waals surface area contributed by atoms with Crippen molar-refractivity contribution in [1.29, 1.82) is 0 Å². The molecule has 0 unspecified atom stereocenters. The monoisotopic (exact) mass is 332 g/mol. The molecule has 5 nitrogen and oxygen atoms in total.